The van der Waals surface area contributed by atoms with Crippen LogP contribution in [-0.2, 0) is 14.3 Å². The minimum atomic E-state index is -0.917. The Morgan fingerprint density at radius 1 is 1.00 bits per heavy atom. The van der Waals surface area contributed by atoms with Gasteiger partial charge < -0.3 is 20.5 Å². The van der Waals surface area contributed by atoms with Crippen LogP contribution in [0.4, 0.5) is 4.79 Å². The Bertz CT molecular complexity index is 1050. The van der Waals surface area contributed by atoms with E-state index in [1.54, 1.807) is 12.2 Å². The molecule has 2 aromatic carbocycles. The Balaban J connectivity index is 1.37. The lowest BCUT2D eigenvalue weighted by Gasteiger charge is -2.24. The maximum Gasteiger partial charge on any atom is 0.407 e. The first-order valence-corrected chi connectivity index (χ1v) is 11.2. The molecule has 0 saturated carbocycles. The van der Waals surface area contributed by atoms with E-state index in [1.165, 1.54) is 0 Å². The molecule has 3 atom stereocenters. The molecule has 0 aromatic heterocycles. The molecule has 7 heteroatoms. The highest BCUT2D eigenvalue weighted by atomic mass is 16.5. The molecule has 0 fully saturated rings. The summed E-state index contributed by atoms with van der Waals surface area (Å²) < 4.78 is 5.57. The molecule has 0 heterocycles. The van der Waals surface area contributed by atoms with Gasteiger partial charge in [-0.3, -0.25) is 9.59 Å². The maximum atomic E-state index is 12.8. The van der Waals surface area contributed by atoms with Gasteiger partial charge in [-0.1, -0.05) is 74.5 Å². The van der Waals surface area contributed by atoms with Crippen molar-refractivity contribution >= 4 is 18.0 Å². The Kier molecular flexibility index (Phi) is 6.49. The fourth-order valence-corrected chi connectivity index (χ4v) is 4.56. The van der Waals surface area contributed by atoms with Crippen LogP contribution in [0.1, 0.15) is 37.3 Å². The van der Waals surface area contributed by atoms with Crippen LogP contribution in [-0.4, -0.2) is 41.8 Å². The maximum absolute atomic E-state index is 12.8. The summed E-state index contributed by atoms with van der Waals surface area (Å²) in [5.74, 6) is -2.13. The van der Waals surface area contributed by atoms with Gasteiger partial charge in [-0.15, -0.1) is 0 Å². The third-order valence-corrected chi connectivity index (χ3v) is 6.29. The quantitative estimate of drug-likeness (QED) is 0.561. The highest BCUT2D eigenvalue weighted by Crippen LogP contribution is 2.44. The van der Waals surface area contributed by atoms with Crippen molar-refractivity contribution in [3.8, 4) is 11.1 Å². The topological polar surface area (TPSA) is 105 Å². The SMILES string of the molecule is CC(C)C(NC(=O)OCC1c2ccccc2-c2ccccc21)C(=O)NC1C=CC(C(=O)O)C1. The van der Waals surface area contributed by atoms with E-state index in [4.69, 9.17) is 9.84 Å². The number of amides is 2. The smallest absolute Gasteiger partial charge is 0.407 e. The molecule has 33 heavy (non-hydrogen) atoms. The number of carboxylic acids is 1. The number of aliphatic carboxylic acids is 1. The molecule has 172 valence electrons. The first-order valence-electron chi connectivity index (χ1n) is 11.2. The van der Waals surface area contributed by atoms with Crippen LogP contribution in [0.3, 0.4) is 0 Å². The highest BCUT2D eigenvalue weighted by molar-refractivity contribution is 5.86. The number of rotatable bonds is 7. The van der Waals surface area contributed by atoms with Crippen molar-refractivity contribution in [2.24, 2.45) is 11.8 Å². The molecule has 2 aromatic rings. The summed E-state index contributed by atoms with van der Waals surface area (Å²) in [5, 5.41) is 14.6. The minimum Gasteiger partial charge on any atom is -0.481 e. The lowest BCUT2D eigenvalue weighted by Crippen LogP contribution is -2.51. The summed E-state index contributed by atoms with van der Waals surface area (Å²) >= 11 is 0. The molecule has 0 aliphatic heterocycles. The molecule has 2 aliphatic carbocycles. The summed E-state index contributed by atoms with van der Waals surface area (Å²) in [7, 11) is 0. The number of hydrogen-bond donors (Lipinski definition) is 3. The zero-order valence-electron chi connectivity index (χ0n) is 18.7. The van der Waals surface area contributed by atoms with Crippen LogP contribution >= 0.6 is 0 Å². The number of carbonyl (C=O) groups excluding carboxylic acids is 2. The van der Waals surface area contributed by atoms with Crippen molar-refractivity contribution < 1.29 is 24.2 Å². The van der Waals surface area contributed by atoms with Crippen molar-refractivity contribution in [3.63, 3.8) is 0 Å². The largest absolute Gasteiger partial charge is 0.481 e. The van der Waals surface area contributed by atoms with Crippen molar-refractivity contribution in [1.82, 2.24) is 10.6 Å². The van der Waals surface area contributed by atoms with Crippen molar-refractivity contribution in [2.45, 2.75) is 38.3 Å². The first-order chi connectivity index (χ1) is 15.8. The Hall–Kier alpha value is -3.61. The second-order valence-corrected chi connectivity index (χ2v) is 8.87. The Morgan fingerprint density at radius 2 is 1.61 bits per heavy atom. The van der Waals surface area contributed by atoms with Gasteiger partial charge >= 0.3 is 12.1 Å². The number of fused-ring (bicyclic) bond motifs is 3. The normalized spacial score (nSPS) is 19.6. The number of hydrogen-bond acceptors (Lipinski definition) is 4. The second kappa shape index (κ2) is 9.48. The Morgan fingerprint density at radius 3 is 2.15 bits per heavy atom. The van der Waals surface area contributed by atoms with Crippen LogP contribution in [0.25, 0.3) is 11.1 Å². The molecule has 3 unspecified atom stereocenters. The molecule has 0 bridgehead atoms. The van der Waals surface area contributed by atoms with Gasteiger partial charge in [0.25, 0.3) is 0 Å². The van der Waals surface area contributed by atoms with Crippen molar-refractivity contribution in [1.29, 1.82) is 0 Å². The summed E-state index contributed by atoms with van der Waals surface area (Å²) in [6.07, 6.45) is 2.91. The minimum absolute atomic E-state index is 0.0638. The number of alkyl carbamates (subject to hydrolysis) is 1. The lowest BCUT2D eigenvalue weighted by molar-refractivity contribution is -0.140. The molecular formula is C26H28N2O5. The van der Waals surface area contributed by atoms with Crippen LogP contribution in [0.2, 0.25) is 0 Å². The average molecular weight is 449 g/mol. The summed E-state index contributed by atoms with van der Waals surface area (Å²) in [6.45, 7) is 3.83. The monoisotopic (exact) mass is 448 g/mol. The molecule has 2 amide bonds. The highest BCUT2D eigenvalue weighted by Gasteiger charge is 2.32. The van der Waals surface area contributed by atoms with Gasteiger partial charge in [0, 0.05) is 12.0 Å². The predicted octanol–water partition coefficient (Wildman–Crippen LogP) is 3.70. The molecule has 2 aliphatic rings. The second-order valence-electron chi connectivity index (χ2n) is 8.87. The number of carbonyl (C=O) groups is 3. The van der Waals surface area contributed by atoms with E-state index in [1.807, 2.05) is 50.2 Å². The number of nitrogens with one attached hydrogen (secondary N) is 2. The van der Waals surface area contributed by atoms with E-state index in [0.29, 0.717) is 6.42 Å². The van der Waals surface area contributed by atoms with E-state index < -0.39 is 24.0 Å². The summed E-state index contributed by atoms with van der Waals surface area (Å²) in [4.78, 5) is 36.5. The van der Waals surface area contributed by atoms with Gasteiger partial charge in [0.2, 0.25) is 5.91 Å². The first kappa shape index (κ1) is 22.6. The summed E-state index contributed by atoms with van der Waals surface area (Å²) in [5.41, 5.74) is 4.52. The summed E-state index contributed by atoms with van der Waals surface area (Å²) in [6, 6.07) is 15.0. The average Bonchev–Trinajstić information content (AvgIpc) is 3.39. The number of carboxylic acid groups (broad SMARTS) is 1. The fraction of sp³-hybridized carbons (Fsp3) is 0.346. The van der Waals surface area contributed by atoms with Gasteiger partial charge in [-0.25, -0.2) is 4.79 Å². The lowest BCUT2D eigenvalue weighted by atomic mass is 9.98. The third-order valence-electron chi connectivity index (χ3n) is 6.29. The van der Waals surface area contributed by atoms with Gasteiger partial charge in [0.1, 0.15) is 12.6 Å². The van der Waals surface area contributed by atoms with Gasteiger partial charge in [0.15, 0.2) is 0 Å². The molecule has 0 spiro atoms. The van der Waals surface area contributed by atoms with Gasteiger partial charge in [-0.2, -0.15) is 0 Å². The molecule has 0 saturated heterocycles. The molecular weight excluding hydrogens is 420 g/mol. The van der Waals surface area contributed by atoms with Crippen molar-refractivity contribution in [3.05, 3.63) is 71.8 Å². The standard InChI is InChI=1S/C26H28N2O5/c1-15(2)23(24(29)27-17-12-11-16(13-17)25(30)31)28-26(32)33-14-22-20-9-5-3-7-18(20)19-8-4-6-10-21(19)22/h3-12,15-17,22-23H,13-14H2,1-2H3,(H,27,29)(H,28,32)(H,30,31). The number of ether oxygens (including phenoxy) is 1. The Labute approximate surface area is 192 Å². The van der Waals surface area contributed by atoms with E-state index in [9.17, 15) is 14.4 Å². The zero-order chi connectivity index (χ0) is 23.5. The fourth-order valence-electron chi connectivity index (χ4n) is 4.56. The molecule has 3 N–H and O–H groups in total. The molecule has 4 rings (SSSR count). The van der Waals surface area contributed by atoms with E-state index in [0.717, 1.165) is 22.3 Å². The molecule has 0 radical (unpaired) electrons. The van der Waals surface area contributed by atoms with Gasteiger partial charge in [0.05, 0.1) is 5.92 Å². The van der Waals surface area contributed by atoms with E-state index >= 15 is 0 Å². The van der Waals surface area contributed by atoms with Crippen LogP contribution < -0.4 is 10.6 Å². The van der Waals surface area contributed by atoms with Crippen LogP contribution in [0.15, 0.2) is 60.7 Å². The predicted molar refractivity (Wildman–Crippen MR) is 124 cm³/mol. The zero-order valence-corrected chi connectivity index (χ0v) is 18.7. The van der Waals surface area contributed by atoms with E-state index in [2.05, 4.69) is 22.8 Å². The van der Waals surface area contributed by atoms with E-state index in [-0.39, 0.29) is 30.4 Å². The third kappa shape index (κ3) is 4.77. The number of benzene rings is 2. The molecule has 7 nitrogen and oxygen atoms in total. The van der Waals surface area contributed by atoms with Crippen molar-refractivity contribution in [2.75, 3.05) is 6.61 Å². The van der Waals surface area contributed by atoms with Crippen LogP contribution in [0.5, 0.6) is 0 Å². The van der Waals surface area contributed by atoms with Gasteiger partial charge in [-0.05, 0) is 34.6 Å². The van der Waals surface area contributed by atoms with Crippen LogP contribution in [0, 0.1) is 11.8 Å².